The van der Waals surface area contributed by atoms with Crippen molar-refractivity contribution in [2.24, 2.45) is 0 Å². The van der Waals surface area contributed by atoms with E-state index in [1.54, 1.807) is 23.3 Å². The topological polar surface area (TPSA) is 59.9 Å². The van der Waals surface area contributed by atoms with Crippen LogP contribution in [-0.4, -0.2) is 77.7 Å². The van der Waals surface area contributed by atoms with Gasteiger partial charge in [0.25, 0.3) is 5.91 Å². The third-order valence-corrected chi connectivity index (χ3v) is 6.55. The highest BCUT2D eigenvalue weighted by Gasteiger charge is 2.42. The molecule has 6 nitrogen and oxygen atoms in total. The minimum atomic E-state index is -1.22. The van der Waals surface area contributed by atoms with Gasteiger partial charge in [-0.2, -0.15) is 0 Å². The maximum absolute atomic E-state index is 12.4. The summed E-state index contributed by atoms with van der Waals surface area (Å²) in [5, 5.41) is 11.9. The Bertz CT molecular complexity index is 762. The van der Waals surface area contributed by atoms with Gasteiger partial charge in [0, 0.05) is 46.3 Å². The van der Waals surface area contributed by atoms with Crippen molar-refractivity contribution in [2.75, 3.05) is 51.2 Å². The van der Waals surface area contributed by atoms with Gasteiger partial charge in [-0.05, 0) is 31.4 Å². The van der Waals surface area contributed by atoms with Crippen LogP contribution in [0.1, 0.15) is 19.3 Å². The summed E-state index contributed by atoms with van der Waals surface area (Å²) in [6.07, 6.45) is 2.44. The molecule has 2 saturated heterocycles. The molecule has 0 radical (unpaired) electrons. The molecule has 2 fully saturated rings. The fourth-order valence-electron chi connectivity index (χ4n) is 4.00. The van der Waals surface area contributed by atoms with Crippen LogP contribution in [-0.2, 0) is 4.79 Å². The number of β-amino-alcohol motifs (C(OH)–C–C–N with tert-alkyl or cyclic N) is 1. The summed E-state index contributed by atoms with van der Waals surface area (Å²) < 4.78 is 1.22. The van der Waals surface area contributed by atoms with Crippen LogP contribution in [0.5, 0.6) is 0 Å². The number of fused-ring (bicyclic) bond motifs is 1. The van der Waals surface area contributed by atoms with E-state index in [1.165, 1.54) is 4.70 Å². The van der Waals surface area contributed by atoms with Gasteiger partial charge in [-0.3, -0.25) is 9.69 Å². The van der Waals surface area contributed by atoms with E-state index in [4.69, 9.17) is 4.98 Å². The Morgan fingerprint density at radius 2 is 2.00 bits per heavy atom. The molecular weight excluding hydrogens is 348 g/mol. The molecule has 0 unspecified atom stereocenters. The summed E-state index contributed by atoms with van der Waals surface area (Å²) in [5.74, 6) is -0.129. The standard InChI is InChI=1S/C19H26N4O2S/c1-21-9-4-8-19(25,17(21)24)14-22-10-5-11-23(13-12-22)18-20-15-6-2-3-7-16(15)26-18/h2-3,6-7,25H,4-5,8-14H2,1H3/t19-/m0/s1. The molecule has 1 amide bonds. The van der Waals surface area contributed by atoms with Crippen molar-refractivity contribution in [1.82, 2.24) is 14.8 Å². The van der Waals surface area contributed by atoms with Gasteiger partial charge >= 0.3 is 0 Å². The summed E-state index contributed by atoms with van der Waals surface area (Å²) in [6, 6.07) is 8.24. The predicted octanol–water partition coefficient (Wildman–Crippen LogP) is 1.79. The number of aliphatic hydroxyl groups is 1. The Morgan fingerprint density at radius 3 is 2.85 bits per heavy atom. The second-order valence-corrected chi connectivity index (χ2v) is 8.45. The maximum Gasteiger partial charge on any atom is 0.255 e. The van der Waals surface area contributed by atoms with Crippen LogP contribution in [0, 0.1) is 0 Å². The third-order valence-electron chi connectivity index (χ3n) is 5.46. The summed E-state index contributed by atoms with van der Waals surface area (Å²) >= 11 is 1.74. The number of amides is 1. The van der Waals surface area contributed by atoms with Crippen molar-refractivity contribution in [3.63, 3.8) is 0 Å². The summed E-state index contributed by atoms with van der Waals surface area (Å²) in [5.41, 5.74) is -0.170. The zero-order chi connectivity index (χ0) is 18.1. The molecule has 2 aromatic rings. The lowest BCUT2D eigenvalue weighted by Gasteiger charge is -2.39. The summed E-state index contributed by atoms with van der Waals surface area (Å²) in [7, 11) is 1.78. The molecule has 1 atom stereocenters. The molecule has 140 valence electrons. The van der Waals surface area contributed by atoms with Crippen molar-refractivity contribution in [1.29, 1.82) is 0 Å². The number of para-hydroxylation sites is 1. The molecule has 2 aliphatic rings. The SMILES string of the molecule is CN1CCC[C@](O)(CN2CCCN(c3nc4ccccc4s3)CC2)C1=O. The first-order valence-corrected chi connectivity index (χ1v) is 10.2. The molecule has 4 rings (SSSR count). The molecule has 0 aliphatic carbocycles. The van der Waals surface area contributed by atoms with Crippen LogP contribution >= 0.6 is 11.3 Å². The highest BCUT2D eigenvalue weighted by Crippen LogP contribution is 2.29. The van der Waals surface area contributed by atoms with E-state index in [0.717, 1.165) is 56.2 Å². The summed E-state index contributed by atoms with van der Waals surface area (Å²) in [4.78, 5) is 23.4. The molecule has 0 saturated carbocycles. The number of piperidine rings is 1. The average molecular weight is 375 g/mol. The second-order valence-electron chi connectivity index (χ2n) is 7.44. The Morgan fingerprint density at radius 1 is 1.15 bits per heavy atom. The number of benzene rings is 1. The zero-order valence-electron chi connectivity index (χ0n) is 15.2. The van der Waals surface area contributed by atoms with Gasteiger partial charge in [-0.15, -0.1) is 0 Å². The number of carbonyl (C=O) groups excluding carboxylic acids is 1. The normalized spacial score (nSPS) is 25.7. The number of nitrogens with zero attached hydrogens (tertiary/aromatic N) is 4. The number of hydrogen-bond acceptors (Lipinski definition) is 6. The Balaban J connectivity index is 1.42. The second kappa shape index (κ2) is 7.13. The lowest BCUT2D eigenvalue weighted by Crippen LogP contribution is -2.57. The highest BCUT2D eigenvalue weighted by molar-refractivity contribution is 7.22. The number of thiazole rings is 1. The van der Waals surface area contributed by atoms with E-state index in [-0.39, 0.29) is 5.91 Å². The van der Waals surface area contributed by atoms with Gasteiger partial charge in [-0.1, -0.05) is 23.5 Å². The zero-order valence-corrected chi connectivity index (χ0v) is 16.0. The van der Waals surface area contributed by atoms with Crippen LogP contribution in [0.15, 0.2) is 24.3 Å². The smallest absolute Gasteiger partial charge is 0.255 e. The number of likely N-dealkylation sites (tertiary alicyclic amines) is 1. The first kappa shape index (κ1) is 17.7. The molecule has 7 heteroatoms. The van der Waals surface area contributed by atoms with Gasteiger partial charge in [-0.25, -0.2) is 4.98 Å². The van der Waals surface area contributed by atoms with Crippen molar-refractivity contribution >= 4 is 32.6 Å². The van der Waals surface area contributed by atoms with E-state index in [1.807, 2.05) is 12.1 Å². The number of anilines is 1. The minimum absolute atomic E-state index is 0.129. The quantitative estimate of drug-likeness (QED) is 0.888. The number of aromatic nitrogens is 1. The van der Waals surface area contributed by atoms with E-state index in [9.17, 15) is 9.90 Å². The molecule has 1 aromatic heterocycles. The lowest BCUT2D eigenvalue weighted by molar-refractivity contribution is -0.157. The van der Waals surface area contributed by atoms with Gasteiger partial charge < -0.3 is 14.9 Å². The van der Waals surface area contributed by atoms with Gasteiger partial charge in [0.1, 0.15) is 0 Å². The fourth-order valence-corrected chi connectivity index (χ4v) is 5.02. The van der Waals surface area contributed by atoms with Gasteiger partial charge in [0.05, 0.1) is 10.2 Å². The minimum Gasteiger partial charge on any atom is -0.379 e. The number of likely N-dealkylation sites (N-methyl/N-ethyl adjacent to an activating group) is 1. The molecule has 2 aliphatic heterocycles. The van der Waals surface area contributed by atoms with Gasteiger partial charge in [0.15, 0.2) is 10.7 Å². The van der Waals surface area contributed by atoms with Crippen LogP contribution in [0.3, 0.4) is 0 Å². The molecule has 3 heterocycles. The summed E-state index contributed by atoms with van der Waals surface area (Å²) in [6.45, 7) is 4.76. The van der Waals surface area contributed by atoms with Crippen LogP contribution in [0.4, 0.5) is 5.13 Å². The predicted molar refractivity (Wildman–Crippen MR) is 105 cm³/mol. The maximum atomic E-state index is 12.4. The first-order valence-electron chi connectivity index (χ1n) is 9.36. The van der Waals surface area contributed by atoms with Crippen molar-refractivity contribution < 1.29 is 9.90 Å². The molecule has 1 aromatic carbocycles. The molecule has 26 heavy (non-hydrogen) atoms. The molecular formula is C19H26N4O2S. The van der Waals surface area contributed by atoms with Crippen LogP contribution in [0.25, 0.3) is 10.2 Å². The molecule has 0 spiro atoms. The van der Waals surface area contributed by atoms with E-state index >= 15 is 0 Å². The van der Waals surface area contributed by atoms with Crippen molar-refractivity contribution in [2.45, 2.75) is 24.9 Å². The number of carbonyl (C=O) groups is 1. The van der Waals surface area contributed by atoms with Crippen LogP contribution in [0.2, 0.25) is 0 Å². The Kier molecular flexibility index (Phi) is 4.86. The fraction of sp³-hybridized carbons (Fsp3) is 0.579. The Labute approximate surface area is 158 Å². The Hall–Kier alpha value is -1.70. The monoisotopic (exact) mass is 374 g/mol. The number of hydrogen-bond donors (Lipinski definition) is 1. The third kappa shape index (κ3) is 3.43. The molecule has 0 bridgehead atoms. The van der Waals surface area contributed by atoms with E-state index in [2.05, 4.69) is 21.9 Å². The average Bonchev–Trinajstić information content (AvgIpc) is 2.93. The van der Waals surface area contributed by atoms with E-state index in [0.29, 0.717) is 13.0 Å². The van der Waals surface area contributed by atoms with Crippen molar-refractivity contribution in [3.05, 3.63) is 24.3 Å². The van der Waals surface area contributed by atoms with Crippen molar-refractivity contribution in [3.8, 4) is 0 Å². The molecule has 1 N–H and O–H groups in total. The van der Waals surface area contributed by atoms with Gasteiger partial charge in [0.2, 0.25) is 0 Å². The number of rotatable bonds is 3. The lowest BCUT2D eigenvalue weighted by atomic mass is 9.91. The highest BCUT2D eigenvalue weighted by atomic mass is 32.1. The van der Waals surface area contributed by atoms with Crippen LogP contribution < -0.4 is 4.90 Å². The van der Waals surface area contributed by atoms with E-state index < -0.39 is 5.60 Å². The largest absolute Gasteiger partial charge is 0.379 e. The first-order chi connectivity index (χ1) is 12.5.